The average molecular weight is 211 g/mol. The van der Waals surface area contributed by atoms with Crippen molar-refractivity contribution in [3.63, 3.8) is 0 Å². The van der Waals surface area contributed by atoms with Gasteiger partial charge in [-0.25, -0.2) is 0 Å². The van der Waals surface area contributed by atoms with Crippen LogP contribution in [0.2, 0.25) is 0 Å². The number of allylic oxidation sites excluding steroid dienone is 1. The van der Waals surface area contributed by atoms with Crippen molar-refractivity contribution in [2.24, 2.45) is 11.3 Å². The predicted molar refractivity (Wildman–Crippen MR) is 61.2 cm³/mol. The highest BCUT2D eigenvalue weighted by molar-refractivity contribution is 5.88. The second-order valence-electron chi connectivity index (χ2n) is 4.52. The van der Waals surface area contributed by atoms with Crippen LogP contribution in [-0.2, 0) is 9.59 Å². The van der Waals surface area contributed by atoms with E-state index in [0.717, 1.165) is 6.42 Å². The molecule has 0 aliphatic heterocycles. The molecule has 0 saturated carbocycles. The van der Waals surface area contributed by atoms with Crippen LogP contribution in [-0.4, -0.2) is 11.7 Å². The van der Waals surface area contributed by atoms with Crippen molar-refractivity contribution in [2.45, 2.75) is 41.0 Å². The Morgan fingerprint density at radius 2 is 1.93 bits per heavy atom. The van der Waals surface area contributed by atoms with Gasteiger partial charge in [-0.05, 0) is 18.4 Å². The molecule has 0 fully saturated rings. The molecule has 1 atom stereocenters. The summed E-state index contributed by atoms with van der Waals surface area (Å²) < 4.78 is 0. The van der Waals surface area contributed by atoms with Crippen LogP contribution < -0.4 is 5.32 Å². The minimum absolute atomic E-state index is 0.0197. The SMILES string of the molecule is CCC(C)(C)C(C)C(=O)N/C=C/C(C)=O. The molecular weight excluding hydrogens is 190 g/mol. The number of carbonyl (C=O) groups is 2. The van der Waals surface area contributed by atoms with Crippen LogP contribution in [0.25, 0.3) is 0 Å². The second kappa shape index (κ2) is 5.69. The molecule has 1 unspecified atom stereocenters. The van der Waals surface area contributed by atoms with Crippen LogP contribution in [0, 0.1) is 11.3 Å². The molecule has 15 heavy (non-hydrogen) atoms. The fourth-order valence-electron chi connectivity index (χ4n) is 1.03. The Labute approximate surface area is 91.9 Å². The maximum Gasteiger partial charge on any atom is 0.227 e. The van der Waals surface area contributed by atoms with Crippen LogP contribution in [0.3, 0.4) is 0 Å². The first kappa shape index (κ1) is 13.9. The lowest BCUT2D eigenvalue weighted by Crippen LogP contribution is -2.34. The fraction of sp³-hybridized carbons (Fsp3) is 0.667. The van der Waals surface area contributed by atoms with E-state index in [2.05, 4.69) is 26.1 Å². The Morgan fingerprint density at radius 3 is 2.33 bits per heavy atom. The fourth-order valence-corrected chi connectivity index (χ4v) is 1.03. The third-order valence-corrected chi connectivity index (χ3v) is 3.02. The van der Waals surface area contributed by atoms with Crippen molar-refractivity contribution >= 4 is 11.7 Å². The summed E-state index contributed by atoms with van der Waals surface area (Å²) in [6.07, 6.45) is 3.70. The van der Waals surface area contributed by atoms with Gasteiger partial charge < -0.3 is 5.32 Å². The van der Waals surface area contributed by atoms with Gasteiger partial charge >= 0.3 is 0 Å². The van der Waals surface area contributed by atoms with E-state index in [-0.39, 0.29) is 23.0 Å². The van der Waals surface area contributed by atoms with Gasteiger partial charge in [-0.3, -0.25) is 9.59 Å². The molecule has 1 N–H and O–H groups in total. The van der Waals surface area contributed by atoms with E-state index in [1.807, 2.05) is 6.92 Å². The summed E-state index contributed by atoms with van der Waals surface area (Å²) in [5, 5.41) is 2.61. The Morgan fingerprint density at radius 1 is 1.40 bits per heavy atom. The van der Waals surface area contributed by atoms with Crippen LogP contribution >= 0.6 is 0 Å². The maximum atomic E-state index is 11.7. The Kier molecular flexibility index (Phi) is 5.26. The summed E-state index contributed by atoms with van der Waals surface area (Å²) in [5.41, 5.74) is -0.0197. The predicted octanol–water partition coefficient (Wildman–Crippen LogP) is 2.28. The molecule has 0 heterocycles. The van der Waals surface area contributed by atoms with E-state index >= 15 is 0 Å². The molecule has 0 saturated heterocycles. The number of carbonyl (C=O) groups excluding carboxylic acids is 2. The molecule has 3 heteroatoms. The molecule has 0 aromatic heterocycles. The van der Waals surface area contributed by atoms with E-state index in [1.54, 1.807) is 0 Å². The van der Waals surface area contributed by atoms with Crippen LogP contribution in [0.4, 0.5) is 0 Å². The summed E-state index contributed by atoms with van der Waals surface area (Å²) >= 11 is 0. The lowest BCUT2D eigenvalue weighted by atomic mass is 9.77. The van der Waals surface area contributed by atoms with Gasteiger partial charge in [0.2, 0.25) is 5.91 Å². The lowest BCUT2D eigenvalue weighted by molar-refractivity contribution is -0.126. The van der Waals surface area contributed by atoms with Gasteiger partial charge in [0, 0.05) is 12.1 Å². The summed E-state index contributed by atoms with van der Waals surface area (Å²) in [7, 11) is 0. The first-order chi connectivity index (χ1) is 6.81. The van der Waals surface area contributed by atoms with Gasteiger partial charge in [0.1, 0.15) is 0 Å². The molecule has 0 radical (unpaired) electrons. The summed E-state index contributed by atoms with van der Waals surface area (Å²) in [5.74, 6) is -0.184. The van der Waals surface area contributed by atoms with Gasteiger partial charge in [-0.2, -0.15) is 0 Å². The van der Waals surface area contributed by atoms with Crippen molar-refractivity contribution < 1.29 is 9.59 Å². The van der Waals surface area contributed by atoms with E-state index in [1.165, 1.54) is 19.2 Å². The average Bonchev–Trinajstić information content (AvgIpc) is 2.15. The molecule has 0 aliphatic rings. The minimum Gasteiger partial charge on any atom is -0.332 e. The zero-order chi connectivity index (χ0) is 12.1. The number of hydrogen-bond acceptors (Lipinski definition) is 2. The largest absolute Gasteiger partial charge is 0.332 e. The molecule has 1 amide bonds. The Balaban J connectivity index is 4.28. The summed E-state index contributed by atoms with van der Waals surface area (Å²) in [6.45, 7) is 9.54. The highest BCUT2D eigenvalue weighted by Crippen LogP contribution is 2.29. The molecule has 86 valence electrons. The van der Waals surface area contributed by atoms with Gasteiger partial charge in [-0.15, -0.1) is 0 Å². The molecule has 0 rings (SSSR count). The first-order valence-corrected chi connectivity index (χ1v) is 5.28. The quantitative estimate of drug-likeness (QED) is 0.709. The topological polar surface area (TPSA) is 46.2 Å². The van der Waals surface area contributed by atoms with E-state index in [0.29, 0.717) is 0 Å². The van der Waals surface area contributed by atoms with Crippen LogP contribution in [0.15, 0.2) is 12.3 Å². The molecule has 0 aliphatic carbocycles. The van der Waals surface area contributed by atoms with E-state index in [4.69, 9.17) is 0 Å². The Hall–Kier alpha value is -1.12. The normalized spacial score (nSPS) is 13.9. The molecular formula is C12H21NO2. The zero-order valence-corrected chi connectivity index (χ0v) is 10.3. The number of nitrogens with one attached hydrogen (secondary N) is 1. The molecule has 0 bridgehead atoms. The molecule has 0 spiro atoms. The highest BCUT2D eigenvalue weighted by atomic mass is 16.2. The van der Waals surface area contributed by atoms with Gasteiger partial charge in [0.25, 0.3) is 0 Å². The third kappa shape index (κ3) is 4.77. The number of rotatable bonds is 5. The number of amides is 1. The minimum atomic E-state index is -0.0716. The second-order valence-corrected chi connectivity index (χ2v) is 4.52. The molecule has 0 aromatic rings. The van der Waals surface area contributed by atoms with Crippen LogP contribution in [0.1, 0.15) is 41.0 Å². The standard InChI is InChI=1S/C12H21NO2/c1-6-12(4,5)10(3)11(15)13-8-7-9(2)14/h7-8,10H,6H2,1-5H3,(H,13,15)/b8-7+. The monoisotopic (exact) mass is 211 g/mol. The number of ketones is 1. The van der Waals surface area contributed by atoms with Gasteiger partial charge in [-0.1, -0.05) is 34.1 Å². The third-order valence-electron chi connectivity index (χ3n) is 3.02. The van der Waals surface area contributed by atoms with Crippen molar-refractivity contribution in [1.29, 1.82) is 0 Å². The van der Waals surface area contributed by atoms with Crippen molar-refractivity contribution in [3.8, 4) is 0 Å². The van der Waals surface area contributed by atoms with Gasteiger partial charge in [0.05, 0.1) is 0 Å². The van der Waals surface area contributed by atoms with Crippen LogP contribution in [0.5, 0.6) is 0 Å². The number of hydrogen-bond donors (Lipinski definition) is 1. The van der Waals surface area contributed by atoms with Crippen molar-refractivity contribution in [3.05, 3.63) is 12.3 Å². The summed E-state index contributed by atoms with van der Waals surface area (Å²) in [4.78, 5) is 22.3. The van der Waals surface area contributed by atoms with E-state index < -0.39 is 0 Å². The van der Waals surface area contributed by atoms with E-state index in [9.17, 15) is 9.59 Å². The summed E-state index contributed by atoms with van der Waals surface area (Å²) in [6, 6.07) is 0. The first-order valence-electron chi connectivity index (χ1n) is 5.28. The molecule has 0 aromatic carbocycles. The molecule has 3 nitrogen and oxygen atoms in total. The van der Waals surface area contributed by atoms with Crippen molar-refractivity contribution in [1.82, 2.24) is 5.32 Å². The Bertz CT molecular complexity index is 267. The maximum absolute atomic E-state index is 11.7. The van der Waals surface area contributed by atoms with Crippen molar-refractivity contribution in [2.75, 3.05) is 0 Å². The smallest absolute Gasteiger partial charge is 0.227 e. The lowest BCUT2D eigenvalue weighted by Gasteiger charge is -2.28. The highest BCUT2D eigenvalue weighted by Gasteiger charge is 2.28. The van der Waals surface area contributed by atoms with Gasteiger partial charge in [0.15, 0.2) is 5.78 Å². The zero-order valence-electron chi connectivity index (χ0n) is 10.3.